The maximum absolute atomic E-state index is 13.3. The summed E-state index contributed by atoms with van der Waals surface area (Å²) in [5.74, 6) is -1.49. The number of amides is 1. The Hall–Kier alpha value is -3.10. The zero-order valence-corrected chi connectivity index (χ0v) is 17.4. The second-order valence-corrected chi connectivity index (χ2v) is 7.60. The van der Waals surface area contributed by atoms with Gasteiger partial charge in [-0.2, -0.15) is 0 Å². The van der Waals surface area contributed by atoms with Crippen LogP contribution in [0, 0.1) is 5.82 Å². The number of halogens is 2. The van der Waals surface area contributed by atoms with Crippen molar-refractivity contribution in [2.24, 2.45) is 0 Å². The van der Waals surface area contributed by atoms with E-state index in [1.165, 1.54) is 42.7 Å². The van der Waals surface area contributed by atoms with Crippen molar-refractivity contribution in [3.63, 3.8) is 0 Å². The summed E-state index contributed by atoms with van der Waals surface area (Å²) in [4.78, 5) is 25.7. The summed E-state index contributed by atoms with van der Waals surface area (Å²) in [5, 5.41) is 4.84. The lowest BCUT2D eigenvalue weighted by Gasteiger charge is -2.18. The van der Waals surface area contributed by atoms with Crippen LogP contribution in [0.3, 0.4) is 0 Å². The summed E-state index contributed by atoms with van der Waals surface area (Å²) in [5.41, 5.74) is 6.71. The van der Waals surface area contributed by atoms with Crippen LogP contribution in [0.25, 0.3) is 0 Å². The minimum atomic E-state index is -0.779. The van der Waals surface area contributed by atoms with Gasteiger partial charge < -0.3 is 20.5 Å². The van der Waals surface area contributed by atoms with Crippen LogP contribution in [-0.4, -0.2) is 25.6 Å². The van der Waals surface area contributed by atoms with Crippen molar-refractivity contribution >= 4 is 40.5 Å². The number of thiophene rings is 1. The van der Waals surface area contributed by atoms with Crippen molar-refractivity contribution in [3.8, 4) is 5.75 Å². The topological polar surface area (TPSA) is 90.7 Å². The van der Waals surface area contributed by atoms with Crippen LogP contribution in [0.1, 0.15) is 26.8 Å². The number of carbonyl (C=O) groups is 2. The monoisotopic (exact) mass is 448 g/mol. The third kappa shape index (κ3) is 5.08. The van der Waals surface area contributed by atoms with E-state index in [9.17, 15) is 14.0 Å². The van der Waals surface area contributed by atoms with Gasteiger partial charge in [0, 0.05) is 10.9 Å². The predicted molar refractivity (Wildman–Crippen MR) is 113 cm³/mol. The molecule has 1 unspecified atom stereocenters. The molecule has 9 heteroatoms. The number of ether oxygens (including phenoxy) is 2. The van der Waals surface area contributed by atoms with Gasteiger partial charge in [-0.25, -0.2) is 9.18 Å². The van der Waals surface area contributed by atoms with Gasteiger partial charge >= 0.3 is 5.97 Å². The molecule has 0 radical (unpaired) electrons. The number of nitrogens with two attached hydrogens (primary N) is 1. The molecular weight excluding hydrogens is 431 g/mol. The van der Waals surface area contributed by atoms with E-state index < -0.39 is 24.5 Å². The third-order valence-electron chi connectivity index (χ3n) is 4.21. The van der Waals surface area contributed by atoms with Gasteiger partial charge in [0.2, 0.25) is 0 Å². The van der Waals surface area contributed by atoms with Crippen molar-refractivity contribution < 1.29 is 23.5 Å². The highest BCUT2D eigenvalue weighted by atomic mass is 35.5. The Morgan fingerprint density at radius 3 is 2.60 bits per heavy atom. The molecule has 0 aliphatic carbocycles. The number of hydrogen-bond donors (Lipinski definition) is 2. The highest BCUT2D eigenvalue weighted by Gasteiger charge is 2.21. The predicted octanol–water partition coefficient (Wildman–Crippen LogP) is 4.19. The summed E-state index contributed by atoms with van der Waals surface area (Å²) in [6.07, 6.45) is 0. The number of esters is 1. The Bertz CT molecular complexity index is 1040. The maximum Gasteiger partial charge on any atom is 0.342 e. The first kappa shape index (κ1) is 21.6. The van der Waals surface area contributed by atoms with Crippen LogP contribution in [-0.2, 0) is 9.53 Å². The van der Waals surface area contributed by atoms with Crippen LogP contribution in [0.15, 0.2) is 53.9 Å². The van der Waals surface area contributed by atoms with Crippen molar-refractivity contribution in [1.82, 2.24) is 5.32 Å². The average Bonchev–Trinajstić information content (AvgIpc) is 3.27. The molecule has 1 amide bonds. The van der Waals surface area contributed by atoms with Gasteiger partial charge in [0.25, 0.3) is 5.91 Å². The van der Waals surface area contributed by atoms with Gasteiger partial charge in [-0.05, 0) is 35.2 Å². The molecule has 1 aromatic heterocycles. The molecule has 3 aromatic rings. The Labute approximate surface area is 181 Å². The molecule has 156 valence electrons. The van der Waals surface area contributed by atoms with E-state index in [0.29, 0.717) is 5.56 Å². The van der Waals surface area contributed by atoms with Gasteiger partial charge in [0.05, 0.1) is 23.9 Å². The van der Waals surface area contributed by atoms with E-state index in [-0.39, 0.29) is 27.8 Å². The Morgan fingerprint density at radius 2 is 1.97 bits per heavy atom. The molecule has 30 heavy (non-hydrogen) atoms. The molecule has 0 bridgehead atoms. The fourth-order valence-corrected chi connectivity index (χ4v) is 3.70. The van der Waals surface area contributed by atoms with E-state index in [2.05, 4.69) is 5.32 Å². The lowest BCUT2D eigenvalue weighted by molar-refractivity contribution is -0.124. The van der Waals surface area contributed by atoms with E-state index >= 15 is 0 Å². The van der Waals surface area contributed by atoms with Crippen LogP contribution < -0.4 is 15.8 Å². The van der Waals surface area contributed by atoms with Gasteiger partial charge in [-0.15, -0.1) is 11.3 Å². The van der Waals surface area contributed by atoms with Crippen molar-refractivity contribution in [2.75, 3.05) is 19.5 Å². The highest BCUT2D eigenvalue weighted by Crippen LogP contribution is 2.29. The quantitative estimate of drug-likeness (QED) is 0.417. The molecular formula is C21H18ClFN2O4S. The fraction of sp³-hybridized carbons (Fsp3) is 0.143. The SMILES string of the molecule is COc1cc(N)c(Cl)cc1C(=O)OCC(=O)NC(c1ccc(F)cc1)c1cccs1. The molecule has 0 fully saturated rings. The zero-order valence-electron chi connectivity index (χ0n) is 15.9. The Morgan fingerprint density at radius 1 is 1.23 bits per heavy atom. The molecule has 2 aromatic carbocycles. The zero-order chi connectivity index (χ0) is 21.7. The summed E-state index contributed by atoms with van der Waals surface area (Å²) in [6, 6.07) is 11.7. The molecule has 0 spiro atoms. The largest absolute Gasteiger partial charge is 0.496 e. The van der Waals surface area contributed by atoms with Gasteiger partial charge in [-0.1, -0.05) is 29.8 Å². The average molecular weight is 449 g/mol. The second kappa shape index (κ2) is 9.60. The Balaban J connectivity index is 1.70. The molecule has 3 rings (SSSR count). The van der Waals surface area contributed by atoms with Crippen molar-refractivity contribution in [2.45, 2.75) is 6.04 Å². The number of nitrogens with one attached hydrogen (secondary N) is 1. The van der Waals surface area contributed by atoms with E-state index in [1.54, 1.807) is 12.1 Å². The molecule has 0 aliphatic rings. The van der Waals surface area contributed by atoms with Crippen molar-refractivity contribution in [3.05, 3.63) is 80.8 Å². The van der Waals surface area contributed by atoms with E-state index in [1.807, 2.05) is 17.5 Å². The number of hydrogen-bond acceptors (Lipinski definition) is 6. The van der Waals surface area contributed by atoms with E-state index in [0.717, 1.165) is 4.88 Å². The van der Waals surface area contributed by atoms with Crippen LogP contribution in [0.2, 0.25) is 5.02 Å². The minimum absolute atomic E-state index is 0.0536. The van der Waals surface area contributed by atoms with Crippen LogP contribution in [0.5, 0.6) is 5.75 Å². The minimum Gasteiger partial charge on any atom is -0.496 e. The van der Waals surface area contributed by atoms with Gasteiger partial charge in [0.15, 0.2) is 6.61 Å². The smallest absolute Gasteiger partial charge is 0.342 e. The van der Waals surface area contributed by atoms with Crippen LogP contribution >= 0.6 is 22.9 Å². The summed E-state index contributed by atoms with van der Waals surface area (Å²) in [7, 11) is 1.38. The first-order valence-corrected chi connectivity index (χ1v) is 10.0. The number of carbonyl (C=O) groups excluding carboxylic acids is 2. The standard InChI is InChI=1S/C21H18ClFN2O4S/c1-28-17-10-16(24)15(22)9-14(17)21(27)29-11-19(26)25-20(18-3-2-8-30-18)12-4-6-13(23)7-5-12/h2-10,20H,11,24H2,1H3,(H,25,26). The molecule has 0 saturated carbocycles. The fourth-order valence-electron chi connectivity index (χ4n) is 2.74. The van der Waals surface area contributed by atoms with Crippen LogP contribution in [0.4, 0.5) is 10.1 Å². The molecule has 6 nitrogen and oxygen atoms in total. The number of anilines is 1. The normalized spacial score (nSPS) is 11.6. The third-order valence-corrected chi connectivity index (χ3v) is 5.47. The Kier molecular flexibility index (Phi) is 6.91. The molecule has 1 heterocycles. The lowest BCUT2D eigenvalue weighted by Crippen LogP contribution is -2.32. The number of rotatable bonds is 7. The summed E-state index contributed by atoms with van der Waals surface area (Å²) in [6.45, 7) is -0.521. The number of benzene rings is 2. The van der Waals surface area contributed by atoms with Gasteiger partial charge in [-0.3, -0.25) is 4.79 Å². The lowest BCUT2D eigenvalue weighted by atomic mass is 10.1. The first-order chi connectivity index (χ1) is 14.4. The number of nitrogen functional groups attached to an aromatic ring is 1. The first-order valence-electron chi connectivity index (χ1n) is 8.77. The molecule has 0 saturated heterocycles. The van der Waals surface area contributed by atoms with Gasteiger partial charge in [0.1, 0.15) is 17.1 Å². The summed E-state index contributed by atoms with van der Waals surface area (Å²) >= 11 is 7.40. The maximum atomic E-state index is 13.3. The molecule has 0 aliphatic heterocycles. The number of methoxy groups -OCH3 is 1. The molecule has 3 N–H and O–H groups in total. The van der Waals surface area contributed by atoms with Crippen molar-refractivity contribution in [1.29, 1.82) is 0 Å². The van der Waals surface area contributed by atoms with E-state index in [4.69, 9.17) is 26.8 Å². The summed E-state index contributed by atoms with van der Waals surface area (Å²) < 4.78 is 23.5. The second-order valence-electron chi connectivity index (χ2n) is 6.22. The highest BCUT2D eigenvalue weighted by molar-refractivity contribution is 7.10. The molecule has 1 atom stereocenters.